The van der Waals surface area contributed by atoms with Crippen LogP contribution in [0.5, 0.6) is 0 Å². The number of nitrogens with zero attached hydrogens (tertiary/aromatic N) is 1. The van der Waals surface area contributed by atoms with Crippen LogP contribution >= 0.6 is 0 Å². The van der Waals surface area contributed by atoms with Crippen LogP contribution in [0.1, 0.15) is 38.2 Å². The van der Waals surface area contributed by atoms with Gasteiger partial charge in [-0.15, -0.1) is 0 Å². The second kappa shape index (κ2) is 4.36. The summed E-state index contributed by atoms with van der Waals surface area (Å²) in [5.74, 6) is 0.694. The third kappa shape index (κ3) is 2.13. The molecular formula is C16H19NO. The van der Waals surface area contributed by atoms with Gasteiger partial charge >= 0.3 is 0 Å². The van der Waals surface area contributed by atoms with E-state index in [1.165, 1.54) is 19.3 Å². The maximum atomic E-state index is 10.7. The molecular weight excluding hydrogens is 222 g/mol. The Balaban J connectivity index is 1.92. The van der Waals surface area contributed by atoms with E-state index in [1.807, 2.05) is 37.3 Å². The van der Waals surface area contributed by atoms with Gasteiger partial charge in [-0.05, 0) is 37.0 Å². The lowest BCUT2D eigenvalue weighted by atomic mass is 9.76. The molecule has 2 nitrogen and oxygen atoms in total. The van der Waals surface area contributed by atoms with Gasteiger partial charge in [0.25, 0.3) is 0 Å². The second-order valence-corrected chi connectivity index (χ2v) is 5.69. The fourth-order valence-corrected chi connectivity index (χ4v) is 2.78. The summed E-state index contributed by atoms with van der Waals surface area (Å²) in [6, 6.07) is 10.1. The zero-order valence-corrected chi connectivity index (χ0v) is 10.8. The smallest absolute Gasteiger partial charge is 0.0871 e. The zero-order chi connectivity index (χ0) is 12.6. The van der Waals surface area contributed by atoms with Crippen LogP contribution in [0.4, 0.5) is 0 Å². The third-order valence-corrected chi connectivity index (χ3v) is 4.14. The van der Waals surface area contributed by atoms with Gasteiger partial charge in [-0.25, -0.2) is 0 Å². The molecule has 1 unspecified atom stereocenters. The van der Waals surface area contributed by atoms with Crippen molar-refractivity contribution in [3.63, 3.8) is 0 Å². The third-order valence-electron chi connectivity index (χ3n) is 4.14. The van der Waals surface area contributed by atoms with Crippen molar-refractivity contribution in [2.45, 2.75) is 38.2 Å². The molecule has 1 heterocycles. The van der Waals surface area contributed by atoms with Gasteiger partial charge in [0.15, 0.2) is 0 Å². The van der Waals surface area contributed by atoms with E-state index in [0.29, 0.717) is 5.92 Å². The predicted octanol–water partition coefficient (Wildman–Crippen LogP) is 3.63. The highest BCUT2D eigenvalue weighted by Gasteiger charge is 2.30. The van der Waals surface area contributed by atoms with Gasteiger partial charge < -0.3 is 5.11 Å². The van der Waals surface area contributed by atoms with Crippen LogP contribution in [0.3, 0.4) is 0 Å². The molecule has 3 rings (SSSR count). The van der Waals surface area contributed by atoms with Gasteiger partial charge in [-0.1, -0.05) is 37.5 Å². The van der Waals surface area contributed by atoms with Gasteiger partial charge in [0, 0.05) is 11.6 Å². The van der Waals surface area contributed by atoms with Crippen molar-refractivity contribution < 1.29 is 5.11 Å². The number of hydrogen-bond donors (Lipinski definition) is 1. The van der Waals surface area contributed by atoms with Crippen LogP contribution in [0.2, 0.25) is 0 Å². The molecule has 2 heteroatoms. The lowest BCUT2D eigenvalue weighted by Gasteiger charge is -2.33. The van der Waals surface area contributed by atoms with E-state index in [-0.39, 0.29) is 0 Å². The highest BCUT2D eigenvalue weighted by molar-refractivity contribution is 5.79. The molecule has 1 saturated carbocycles. The molecule has 0 radical (unpaired) electrons. The topological polar surface area (TPSA) is 33.1 Å². The Morgan fingerprint density at radius 2 is 2.17 bits per heavy atom. The Morgan fingerprint density at radius 3 is 2.89 bits per heavy atom. The molecule has 0 spiro atoms. The standard InChI is InChI=1S/C16H19NO/c1-16(18,11-12-4-2-5-12)14-8-7-13-6-3-9-17-15(13)10-14/h3,6-10,12,18H,2,4-5,11H2,1H3. The molecule has 0 bridgehead atoms. The van der Waals surface area contributed by atoms with Gasteiger partial charge in [0.2, 0.25) is 0 Å². The number of fused-ring (bicyclic) bond motifs is 1. The molecule has 1 aliphatic carbocycles. The summed E-state index contributed by atoms with van der Waals surface area (Å²) in [4.78, 5) is 4.36. The van der Waals surface area contributed by atoms with Crippen LogP contribution in [-0.2, 0) is 5.60 Å². The Kier molecular flexibility index (Phi) is 2.83. The second-order valence-electron chi connectivity index (χ2n) is 5.69. The van der Waals surface area contributed by atoms with Gasteiger partial charge in [-0.2, -0.15) is 0 Å². The largest absolute Gasteiger partial charge is 0.385 e. The van der Waals surface area contributed by atoms with E-state index in [0.717, 1.165) is 22.9 Å². The number of benzene rings is 1. The summed E-state index contributed by atoms with van der Waals surface area (Å²) in [6.07, 6.45) is 6.52. The average Bonchev–Trinajstić information content (AvgIpc) is 2.33. The Bertz CT molecular complexity index is 558. The summed E-state index contributed by atoms with van der Waals surface area (Å²) >= 11 is 0. The van der Waals surface area contributed by atoms with Gasteiger partial charge in [0.05, 0.1) is 11.1 Å². The molecule has 1 aliphatic rings. The molecule has 1 atom stereocenters. The minimum Gasteiger partial charge on any atom is -0.385 e. The van der Waals surface area contributed by atoms with E-state index in [9.17, 15) is 5.11 Å². The van der Waals surface area contributed by atoms with Crippen LogP contribution in [0.15, 0.2) is 36.5 Å². The number of aromatic nitrogens is 1. The fraction of sp³-hybridized carbons (Fsp3) is 0.438. The van der Waals surface area contributed by atoms with E-state index >= 15 is 0 Å². The van der Waals surface area contributed by atoms with Crippen molar-refractivity contribution in [2.24, 2.45) is 5.92 Å². The first-order chi connectivity index (χ1) is 8.65. The van der Waals surface area contributed by atoms with Gasteiger partial charge in [-0.3, -0.25) is 4.98 Å². The van der Waals surface area contributed by atoms with Crippen molar-refractivity contribution in [3.8, 4) is 0 Å². The first kappa shape index (κ1) is 11.7. The molecule has 1 N–H and O–H groups in total. The van der Waals surface area contributed by atoms with E-state index < -0.39 is 5.60 Å². The fourth-order valence-electron chi connectivity index (χ4n) is 2.78. The van der Waals surface area contributed by atoms with Crippen LogP contribution in [-0.4, -0.2) is 10.1 Å². The Morgan fingerprint density at radius 1 is 1.33 bits per heavy atom. The minimum atomic E-state index is -0.725. The molecule has 2 aromatic rings. The quantitative estimate of drug-likeness (QED) is 0.890. The number of rotatable bonds is 3. The summed E-state index contributed by atoms with van der Waals surface area (Å²) in [5, 5.41) is 11.8. The van der Waals surface area contributed by atoms with Gasteiger partial charge in [0.1, 0.15) is 0 Å². The molecule has 0 saturated heterocycles. The maximum absolute atomic E-state index is 10.7. The summed E-state index contributed by atoms with van der Waals surface area (Å²) < 4.78 is 0. The highest BCUT2D eigenvalue weighted by atomic mass is 16.3. The van der Waals surface area contributed by atoms with Crippen LogP contribution in [0.25, 0.3) is 10.9 Å². The molecule has 0 amide bonds. The normalized spacial score (nSPS) is 19.4. The van der Waals surface area contributed by atoms with E-state index in [2.05, 4.69) is 4.98 Å². The zero-order valence-electron chi connectivity index (χ0n) is 10.8. The molecule has 18 heavy (non-hydrogen) atoms. The van der Waals surface area contributed by atoms with Crippen LogP contribution < -0.4 is 0 Å². The molecule has 0 aliphatic heterocycles. The Labute approximate surface area is 108 Å². The van der Waals surface area contributed by atoms with E-state index in [4.69, 9.17) is 0 Å². The highest BCUT2D eigenvalue weighted by Crippen LogP contribution is 2.38. The van der Waals surface area contributed by atoms with Crippen molar-refractivity contribution >= 4 is 10.9 Å². The van der Waals surface area contributed by atoms with Crippen LogP contribution in [0, 0.1) is 5.92 Å². The van der Waals surface area contributed by atoms with E-state index in [1.54, 1.807) is 6.20 Å². The lowest BCUT2D eigenvalue weighted by Crippen LogP contribution is -2.27. The number of pyridine rings is 1. The van der Waals surface area contributed by atoms with Crippen molar-refractivity contribution in [1.82, 2.24) is 4.98 Å². The van der Waals surface area contributed by atoms with Crippen molar-refractivity contribution in [1.29, 1.82) is 0 Å². The number of aliphatic hydroxyl groups is 1. The first-order valence-electron chi connectivity index (χ1n) is 6.73. The minimum absolute atomic E-state index is 0.694. The Hall–Kier alpha value is -1.41. The molecule has 1 aromatic heterocycles. The SMILES string of the molecule is CC(O)(CC1CCC1)c1ccc2cccnc2c1. The predicted molar refractivity (Wildman–Crippen MR) is 73.3 cm³/mol. The summed E-state index contributed by atoms with van der Waals surface area (Å²) in [6.45, 7) is 1.93. The summed E-state index contributed by atoms with van der Waals surface area (Å²) in [5.41, 5.74) is 1.22. The number of hydrogen-bond acceptors (Lipinski definition) is 2. The van der Waals surface area contributed by atoms with Crippen molar-refractivity contribution in [3.05, 3.63) is 42.1 Å². The van der Waals surface area contributed by atoms with Crippen molar-refractivity contribution in [2.75, 3.05) is 0 Å². The average molecular weight is 241 g/mol. The molecule has 1 aromatic carbocycles. The monoisotopic (exact) mass is 241 g/mol. The lowest BCUT2D eigenvalue weighted by molar-refractivity contribution is 0.0162. The molecule has 94 valence electrons. The summed E-state index contributed by atoms with van der Waals surface area (Å²) in [7, 11) is 0. The maximum Gasteiger partial charge on any atom is 0.0871 e. The first-order valence-corrected chi connectivity index (χ1v) is 6.73. The molecule has 1 fully saturated rings.